The molecule has 2 atom stereocenters. The van der Waals surface area contributed by atoms with Gasteiger partial charge in [-0.25, -0.2) is 0 Å². The number of allylic oxidation sites excluding steroid dienone is 5. The summed E-state index contributed by atoms with van der Waals surface area (Å²) in [5.74, 6) is 0. The van der Waals surface area contributed by atoms with E-state index in [2.05, 4.69) is 125 Å². The first-order valence-electron chi connectivity index (χ1n) is 13.4. The fourth-order valence-electron chi connectivity index (χ4n) is 6.57. The van der Waals surface area contributed by atoms with Crippen molar-refractivity contribution in [1.29, 1.82) is 0 Å². The van der Waals surface area contributed by atoms with Crippen molar-refractivity contribution in [3.8, 4) is 11.1 Å². The summed E-state index contributed by atoms with van der Waals surface area (Å²) in [5.41, 5.74) is 10.3. The molecule has 0 aliphatic heterocycles. The predicted octanol–water partition coefficient (Wildman–Crippen LogP) is 10.1. The minimum absolute atomic E-state index is 0.607. The van der Waals surface area contributed by atoms with Gasteiger partial charge in [0.25, 0.3) is 0 Å². The highest BCUT2D eigenvalue weighted by atomic mass is 29.3. The lowest BCUT2D eigenvalue weighted by Gasteiger charge is -2.46. The van der Waals surface area contributed by atoms with Gasteiger partial charge in [-0.2, -0.15) is 0 Å². The third kappa shape index (κ3) is 4.05. The van der Waals surface area contributed by atoms with Crippen LogP contribution in [0.4, 0.5) is 0 Å². The Balaban J connectivity index is 1.56. The van der Waals surface area contributed by atoms with Crippen LogP contribution in [0.25, 0.3) is 28.0 Å². The molecule has 0 amide bonds. The van der Waals surface area contributed by atoms with Crippen molar-refractivity contribution in [2.75, 3.05) is 0 Å². The van der Waals surface area contributed by atoms with Crippen LogP contribution < -0.4 is 0 Å². The molecule has 0 saturated heterocycles. The molecule has 3 aromatic carbocycles. The molecule has 0 N–H and O–H groups in total. The summed E-state index contributed by atoms with van der Waals surface area (Å²) < 4.78 is 0. The van der Waals surface area contributed by atoms with E-state index in [9.17, 15) is 0 Å². The van der Waals surface area contributed by atoms with Crippen LogP contribution >= 0.6 is 0 Å². The Morgan fingerprint density at radius 1 is 0.800 bits per heavy atom. The molecule has 0 bridgehead atoms. The minimum atomic E-state index is -1.64. The van der Waals surface area contributed by atoms with Gasteiger partial charge in [0.2, 0.25) is 0 Å². The van der Waals surface area contributed by atoms with E-state index in [1.54, 1.807) is 16.7 Å². The first-order chi connectivity index (χ1) is 16.8. The minimum Gasteiger partial charge on any atom is -0.0803 e. The van der Waals surface area contributed by atoms with E-state index in [4.69, 9.17) is 0 Å². The SMILES string of the molecule is CCCCC1=CC([Si](C)(C)[Si](C)(C)C2C(C)=Cc3c(-c4cccc5ccccc45)cccc32)C=C1. The van der Waals surface area contributed by atoms with E-state index in [1.165, 1.54) is 46.7 Å². The van der Waals surface area contributed by atoms with Crippen LogP contribution in [0.2, 0.25) is 31.7 Å². The van der Waals surface area contributed by atoms with Gasteiger partial charge in [-0.3, -0.25) is 0 Å². The molecule has 2 aliphatic rings. The van der Waals surface area contributed by atoms with E-state index >= 15 is 0 Å². The van der Waals surface area contributed by atoms with Crippen LogP contribution in [0.1, 0.15) is 49.8 Å². The van der Waals surface area contributed by atoms with Crippen molar-refractivity contribution < 1.29 is 0 Å². The number of hydrogen-bond acceptors (Lipinski definition) is 0. The molecule has 3 aromatic rings. The zero-order chi connectivity index (χ0) is 24.8. The van der Waals surface area contributed by atoms with Gasteiger partial charge in [0.15, 0.2) is 0 Å². The second-order valence-corrected chi connectivity index (χ2v) is 27.7. The van der Waals surface area contributed by atoms with Crippen LogP contribution in [0.5, 0.6) is 0 Å². The molecule has 0 fully saturated rings. The standard InChI is InChI=1S/C33H40Si2/c1-7-8-13-25-20-21-27(23-25)34(3,4)35(5,6)33-24(2)22-32-30(18-12-19-31(32)33)29-17-11-15-26-14-9-10-16-28(26)29/h9-12,14-23,27,33H,7-8,13H2,1-6H3. The second kappa shape index (κ2) is 9.22. The third-order valence-electron chi connectivity index (χ3n) is 9.30. The molecule has 180 valence electrons. The van der Waals surface area contributed by atoms with Crippen molar-refractivity contribution in [1.82, 2.24) is 0 Å². The van der Waals surface area contributed by atoms with Crippen molar-refractivity contribution in [3.63, 3.8) is 0 Å². The zero-order valence-corrected chi connectivity index (χ0v) is 24.4. The molecule has 0 saturated carbocycles. The highest BCUT2D eigenvalue weighted by molar-refractivity contribution is 7.42. The molecule has 0 radical (unpaired) electrons. The van der Waals surface area contributed by atoms with Crippen molar-refractivity contribution in [3.05, 3.63) is 101 Å². The summed E-state index contributed by atoms with van der Waals surface area (Å²) in [6.07, 6.45) is 14.0. The van der Waals surface area contributed by atoms with Gasteiger partial charge in [-0.1, -0.05) is 136 Å². The molecular weight excluding hydrogens is 453 g/mol. The van der Waals surface area contributed by atoms with Gasteiger partial charge in [-0.15, -0.1) is 0 Å². The van der Waals surface area contributed by atoms with Gasteiger partial charge in [-0.05, 0) is 63.9 Å². The fourth-order valence-corrected chi connectivity index (χ4v) is 18.1. The van der Waals surface area contributed by atoms with Gasteiger partial charge in [0.1, 0.15) is 0 Å². The van der Waals surface area contributed by atoms with E-state index in [0.29, 0.717) is 11.1 Å². The summed E-state index contributed by atoms with van der Waals surface area (Å²) in [5, 5.41) is 2.67. The quantitative estimate of drug-likeness (QED) is 0.288. The average molecular weight is 493 g/mol. The molecule has 0 spiro atoms. The Labute approximate surface area is 214 Å². The molecule has 0 heterocycles. The topological polar surface area (TPSA) is 0 Å². The van der Waals surface area contributed by atoms with Gasteiger partial charge in [0, 0.05) is 0 Å². The molecule has 2 unspecified atom stereocenters. The lowest BCUT2D eigenvalue weighted by molar-refractivity contribution is 0.798. The number of benzene rings is 3. The number of hydrogen-bond donors (Lipinski definition) is 0. The molecule has 35 heavy (non-hydrogen) atoms. The van der Waals surface area contributed by atoms with Crippen LogP contribution in [0, 0.1) is 0 Å². The zero-order valence-electron chi connectivity index (χ0n) is 22.4. The maximum Gasteiger partial charge on any atom is 0.0551 e. The van der Waals surface area contributed by atoms with E-state index in [1.807, 2.05) is 0 Å². The summed E-state index contributed by atoms with van der Waals surface area (Å²) in [7, 11) is -3.20. The normalized spacial score (nSPS) is 19.7. The molecule has 2 heteroatoms. The Morgan fingerprint density at radius 2 is 1.51 bits per heavy atom. The Kier molecular flexibility index (Phi) is 6.40. The molecular formula is C33H40Si2. The molecule has 5 rings (SSSR count). The summed E-state index contributed by atoms with van der Waals surface area (Å²) in [4.78, 5) is 0. The van der Waals surface area contributed by atoms with Crippen LogP contribution in [0.3, 0.4) is 0 Å². The Bertz CT molecular complexity index is 1350. The first-order valence-corrected chi connectivity index (χ1v) is 20.6. The third-order valence-corrected chi connectivity index (χ3v) is 28.7. The maximum atomic E-state index is 2.70. The number of unbranched alkanes of at least 4 members (excludes halogenated alkanes) is 1. The fraction of sp³-hybridized carbons (Fsp3) is 0.333. The van der Waals surface area contributed by atoms with Crippen molar-refractivity contribution in [2.24, 2.45) is 0 Å². The maximum absolute atomic E-state index is 2.70. The van der Waals surface area contributed by atoms with Crippen molar-refractivity contribution in [2.45, 2.75) is 70.4 Å². The van der Waals surface area contributed by atoms with Gasteiger partial charge in [0.05, 0.1) is 15.2 Å². The Morgan fingerprint density at radius 3 is 2.31 bits per heavy atom. The molecule has 2 aliphatic carbocycles. The summed E-state index contributed by atoms with van der Waals surface area (Å²) >= 11 is 0. The van der Waals surface area contributed by atoms with E-state index < -0.39 is 15.2 Å². The van der Waals surface area contributed by atoms with E-state index in [0.717, 1.165) is 0 Å². The number of rotatable bonds is 7. The van der Waals surface area contributed by atoms with Gasteiger partial charge >= 0.3 is 0 Å². The highest BCUT2D eigenvalue weighted by Gasteiger charge is 2.52. The molecule has 0 nitrogen and oxygen atoms in total. The monoisotopic (exact) mass is 492 g/mol. The van der Waals surface area contributed by atoms with E-state index in [-0.39, 0.29) is 0 Å². The van der Waals surface area contributed by atoms with Crippen LogP contribution in [-0.2, 0) is 0 Å². The summed E-state index contributed by atoms with van der Waals surface area (Å²) in [6, 6.07) is 22.7. The lowest BCUT2D eigenvalue weighted by Crippen LogP contribution is -2.60. The van der Waals surface area contributed by atoms with Crippen molar-refractivity contribution >= 4 is 32.0 Å². The van der Waals surface area contributed by atoms with Crippen LogP contribution in [0.15, 0.2) is 90.0 Å². The first kappa shape index (κ1) is 24.3. The predicted molar refractivity (Wildman–Crippen MR) is 161 cm³/mol. The van der Waals surface area contributed by atoms with Gasteiger partial charge < -0.3 is 0 Å². The lowest BCUT2D eigenvalue weighted by atomic mass is 9.93. The average Bonchev–Trinajstić information content (AvgIpc) is 3.46. The molecule has 0 aromatic heterocycles. The highest BCUT2D eigenvalue weighted by Crippen LogP contribution is 2.51. The Hall–Kier alpha value is -2.43. The largest absolute Gasteiger partial charge is 0.0803 e. The smallest absolute Gasteiger partial charge is 0.0551 e. The second-order valence-electron chi connectivity index (χ2n) is 11.8. The number of fused-ring (bicyclic) bond motifs is 2. The van der Waals surface area contributed by atoms with Crippen LogP contribution in [-0.4, -0.2) is 15.2 Å². The summed E-state index contributed by atoms with van der Waals surface area (Å²) in [6.45, 7) is 15.5.